The number of carbonyl (C=O) groups is 1. The highest BCUT2D eigenvalue weighted by molar-refractivity contribution is 7.12. The molecule has 4 heteroatoms. The maximum atomic E-state index is 12.1. The Morgan fingerprint density at radius 1 is 1.38 bits per heavy atom. The summed E-state index contributed by atoms with van der Waals surface area (Å²) in [5.74, 6) is 0.559. The Bertz CT molecular complexity index is 506. The van der Waals surface area contributed by atoms with Gasteiger partial charge in [0.2, 0.25) is 5.78 Å². The van der Waals surface area contributed by atoms with Gasteiger partial charge in [0.1, 0.15) is 5.75 Å². The highest BCUT2D eigenvalue weighted by atomic mass is 35.5. The number of ether oxygens (including phenoxy) is 1. The van der Waals surface area contributed by atoms with Crippen LogP contribution in [0.4, 0.5) is 0 Å². The maximum Gasteiger partial charge on any atom is 0.204 e. The van der Waals surface area contributed by atoms with Crippen molar-refractivity contribution in [3.05, 3.63) is 51.2 Å². The first-order valence-corrected chi connectivity index (χ1v) is 5.90. The van der Waals surface area contributed by atoms with Crippen LogP contribution in [0, 0.1) is 0 Å². The summed E-state index contributed by atoms with van der Waals surface area (Å²) in [6.45, 7) is 0. The van der Waals surface area contributed by atoms with Gasteiger partial charge in [-0.1, -0.05) is 17.7 Å². The maximum absolute atomic E-state index is 12.1. The van der Waals surface area contributed by atoms with E-state index in [0.29, 0.717) is 21.2 Å². The first-order valence-electron chi connectivity index (χ1n) is 4.64. The Hall–Kier alpha value is -1.32. The highest BCUT2D eigenvalue weighted by Gasteiger charge is 2.14. The van der Waals surface area contributed by atoms with Gasteiger partial charge in [0.05, 0.1) is 17.0 Å². The normalized spacial score (nSPS) is 10.1. The molecule has 0 saturated heterocycles. The van der Waals surface area contributed by atoms with Crippen molar-refractivity contribution in [1.29, 1.82) is 0 Å². The molecule has 0 aliphatic carbocycles. The first-order chi connectivity index (χ1) is 7.72. The molecule has 2 rings (SSSR count). The van der Waals surface area contributed by atoms with Gasteiger partial charge in [0.25, 0.3) is 0 Å². The molecule has 0 N–H and O–H groups in total. The predicted octanol–water partition coefficient (Wildman–Crippen LogP) is 3.64. The van der Waals surface area contributed by atoms with E-state index in [-0.39, 0.29) is 5.78 Å². The molecule has 0 bridgehead atoms. The predicted molar refractivity (Wildman–Crippen MR) is 65.8 cm³/mol. The Balaban J connectivity index is 2.43. The molecule has 1 heterocycles. The number of hydrogen-bond acceptors (Lipinski definition) is 3. The van der Waals surface area contributed by atoms with Crippen LogP contribution in [0.1, 0.15) is 15.2 Å². The SMILES string of the molecule is COc1ccc(Cl)c(C(=O)c2cccs2)c1. The lowest BCUT2D eigenvalue weighted by molar-refractivity contribution is 0.104. The van der Waals surface area contributed by atoms with E-state index in [0.717, 1.165) is 0 Å². The van der Waals surface area contributed by atoms with Crippen molar-refractivity contribution in [3.8, 4) is 5.75 Å². The number of halogens is 1. The van der Waals surface area contributed by atoms with Crippen LogP contribution in [0.2, 0.25) is 5.02 Å². The minimum atomic E-state index is -0.0705. The fourth-order valence-electron chi connectivity index (χ4n) is 1.35. The zero-order valence-corrected chi connectivity index (χ0v) is 10.1. The summed E-state index contributed by atoms with van der Waals surface area (Å²) in [5, 5.41) is 2.31. The van der Waals surface area contributed by atoms with Crippen LogP contribution >= 0.6 is 22.9 Å². The Morgan fingerprint density at radius 3 is 2.81 bits per heavy atom. The molecule has 0 aliphatic rings. The second kappa shape index (κ2) is 4.68. The lowest BCUT2D eigenvalue weighted by Gasteiger charge is -2.04. The molecule has 0 amide bonds. The van der Waals surface area contributed by atoms with Crippen LogP contribution in [0.15, 0.2) is 35.7 Å². The molecule has 2 nitrogen and oxygen atoms in total. The monoisotopic (exact) mass is 252 g/mol. The topological polar surface area (TPSA) is 26.3 Å². The number of thiophene rings is 1. The van der Waals surface area contributed by atoms with Gasteiger partial charge in [-0.2, -0.15) is 0 Å². The van der Waals surface area contributed by atoms with Crippen molar-refractivity contribution < 1.29 is 9.53 Å². The molecule has 0 saturated carbocycles. The highest BCUT2D eigenvalue weighted by Crippen LogP contribution is 2.25. The number of benzene rings is 1. The summed E-state index contributed by atoms with van der Waals surface area (Å²) < 4.78 is 5.07. The third-order valence-corrected chi connectivity index (χ3v) is 3.36. The average Bonchev–Trinajstić information content (AvgIpc) is 2.82. The second-order valence-electron chi connectivity index (χ2n) is 3.15. The van der Waals surface area contributed by atoms with E-state index >= 15 is 0 Å². The third kappa shape index (κ3) is 2.10. The summed E-state index contributed by atoms with van der Waals surface area (Å²) in [6.07, 6.45) is 0. The minimum Gasteiger partial charge on any atom is -0.497 e. The molecule has 1 aromatic heterocycles. The van der Waals surface area contributed by atoms with Crippen molar-refractivity contribution in [2.45, 2.75) is 0 Å². The fraction of sp³-hybridized carbons (Fsp3) is 0.0833. The van der Waals surface area contributed by atoms with Crippen LogP contribution in [0.5, 0.6) is 5.75 Å². The summed E-state index contributed by atoms with van der Waals surface area (Å²) in [7, 11) is 1.56. The Kier molecular flexibility index (Phi) is 3.27. The first kappa shape index (κ1) is 11.2. The minimum absolute atomic E-state index is 0.0705. The third-order valence-electron chi connectivity index (χ3n) is 2.16. The smallest absolute Gasteiger partial charge is 0.204 e. The van der Waals surface area contributed by atoms with E-state index in [4.69, 9.17) is 16.3 Å². The van der Waals surface area contributed by atoms with E-state index in [9.17, 15) is 4.79 Å². The van der Waals surface area contributed by atoms with Crippen LogP contribution in [-0.2, 0) is 0 Å². The molecule has 16 heavy (non-hydrogen) atoms. The van der Waals surface area contributed by atoms with Gasteiger partial charge in [-0.3, -0.25) is 4.79 Å². The van der Waals surface area contributed by atoms with Crippen molar-refractivity contribution >= 4 is 28.7 Å². The van der Waals surface area contributed by atoms with E-state index in [1.54, 1.807) is 31.4 Å². The quantitative estimate of drug-likeness (QED) is 0.780. The van der Waals surface area contributed by atoms with Crippen LogP contribution in [-0.4, -0.2) is 12.9 Å². The van der Waals surface area contributed by atoms with E-state index in [1.165, 1.54) is 11.3 Å². The van der Waals surface area contributed by atoms with Gasteiger partial charge in [-0.05, 0) is 29.6 Å². The Morgan fingerprint density at radius 2 is 2.19 bits per heavy atom. The van der Waals surface area contributed by atoms with Gasteiger partial charge in [-0.15, -0.1) is 11.3 Å². The molecule has 0 spiro atoms. The number of ketones is 1. The molecule has 82 valence electrons. The lowest BCUT2D eigenvalue weighted by atomic mass is 10.1. The van der Waals surface area contributed by atoms with Gasteiger partial charge in [0, 0.05) is 5.56 Å². The van der Waals surface area contributed by atoms with Crippen molar-refractivity contribution in [2.75, 3.05) is 7.11 Å². The molecular weight excluding hydrogens is 244 g/mol. The molecular formula is C12H9ClO2S. The largest absolute Gasteiger partial charge is 0.497 e. The van der Waals surface area contributed by atoms with Gasteiger partial charge >= 0.3 is 0 Å². The molecule has 0 aliphatic heterocycles. The standard InChI is InChI=1S/C12H9ClO2S/c1-15-8-4-5-10(13)9(7-8)12(14)11-3-2-6-16-11/h2-7H,1H3. The summed E-state index contributed by atoms with van der Waals surface area (Å²) >= 11 is 7.39. The van der Waals surface area contributed by atoms with Gasteiger partial charge in [0.15, 0.2) is 0 Å². The number of rotatable bonds is 3. The lowest BCUT2D eigenvalue weighted by Crippen LogP contribution is -2.00. The molecule has 0 unspecified atom stereocenters. The van der Waals surface area contributed by atoms with E-state index in [1.807, 2.05) is 11.4 Å². The molecule has 0 atom stereocenters. The van der Waals surface area contributed by atoms with Crippen LogP contribution in [0.3, 0.4) is 0 Å². The van der Waals surface area contributed by atoms with Crippen LogP contribution in [0.25, 0.3) is 0 Å². The van der Waals surface area contributed by atoms with E-state index < -0.39 is 0 Å². The molecule has 0 fully saturated rings. The Labute approximate surface area is 102 Å². The van der Waals surface area contributed by atoms with Gasteiger partial charge < -0.3 is 4.74 Å². The van der Waals surface area contributed by atoms with Crippen LogP contribution < -0.4 is 4.74 Å². The number of carbonyl (C=O) groups excluding carboxylic acids is 1. The summed E-state index contributed by atoms with van der Waals surface area (Å²) in [5.41, 5.74) is 0.475. The molecule has 0 radical (unpaired) electrons. The number of hydrogen-bond donors (Lipinski definition) is 0. The summed E-state index contributed by atoms with van der Waals surface area (Å²) in [6, 6.07) is 8.67. The molecule has 2 aromatic rings. The average molecular weight is 253 g/mol. The van der Waals surface area contributed by atoms with E-state index in [2.05, 4.69) is 0 Å². The zero-order chi connectivity index (χ0) is 11.5. The van der Waals surface area contributed by atoms with Crippen molar-refractivity contribution in [1.82, 2.24) is 0 Å². The molecule has 1 aromatic carbocycles. The number of methoxy groups -OCH3 is 1. The van der Waals surface area contributed by atoms with Gasteiger partial charge in [-0.25, -0.2) is 0 Å². The zero-order valence-electron chi connectivity index (χ0n) is 8.57. The van der Waals surface area contributed by atoms with Crippen molar-refractivity contribution in [3.63, 3.8) is 0 Å². The fourth-order valence-corrected chi connectivity index (χ4v) is 2.23. The summed E-state index contributed by atoms with van der Waals surface area (Å²) in [4.78, 5) is 12.7. The van der Waals surface area contributed by atoms with Crippen molar-refractivity contribution in [2.24, 2.45) is 0 Å². The second-order valence-corrected chi connectivity index (χ2v) is 4.51.